The maximum Gasteiger partial charge on any atom is 0.417 e. The van der Waals surface area contributed by atoms with E-state index in [4.69, 9.17) is 4.42 Å². The summed E-state index contributed by atoms with van der Waals surface area (Å²) in [6.45, 7) is 0.478. The number of anilines is 1. The summed E-state index contributed by atoms with van der Waals surface area (Å²) in [5.74, 6) is -0.993. The predicted octanol–water partition coefficient (Wildman–Crippen LogP) is 2.87. The van der Waals surface area contributed by atoms with Crippen LogP contribution >= 0.6 is 0 Å². The lowest BCUT2D eigenvalue weighted by molar-refractivity contribution is -0.138. The van der Waals surface area contributed by atoms with Crippen LogP contribution in [0.5, 0.6) is 0 Å². The summed E-state index contributed by atoms with van der Waals surface area (Å²) in [6.07, 6.45) is -3.55. The van der Waals surface area contributed by atoms with E-state index >= 15 is 0 Å². The van der Waals surface area contributed by atoms with Gasteiger partial charge in [-0.05, 0) is 25.0 Å². The quantitative estimate of drug-likeness (QED) is 0.859. The molecule has 0 bridgehead atoms. The van der Waals surface area contributed by atoms with Gasteiger partial charge in [0, 0.05) is 29.8 Å². The Morgan fingerprint density at radius 2 is 2.04 bits per heavy atom. The fourth-order valence-electron chi connectivity index (χ4n) is 2.90. The summed E-state index contributed by atoms with van der Waals surface area (Å²) >= 11 is 0. The van der Waals surface area contributed by atoms with Gasteiger partial charge in [-0.15, -0.1) is 0 Å². The number of hydrogen-bond donors (Lipinski definition) is 1. The molecule has 122 valence electrons. The minimum absolute atomic E-state index is 0.210. The monoisotopic (exact) mass is 327 g/mol. The van der Waals surface area contributed by atoms with E-state index < -0.39 is 29.4 Å². The molecule has 23 heavy (non-hydrogen) atoms. The molecule has 1 fully saturated rings. The van der Waals surface area contributed by atoms with Crippen LogP contribution in [0.25, 0.3) is 11.0 Å². The first kappa shape index (κ1) is 15.4. The van der Waals surface area contributed by atoms with Crippen LogP contribution < -0.4 is 10.5 Å². The number of benzene rings is 1. The van der Waals surface area contributed by atoms with Gasteiger partial charge in [0.2, 0.25) is 0 Å². The summed E-state index contributed by atoms with van der Waals surface area (Å²) in [4.78, 5) is 24.2. The maximum absolute atomic E-state index is 13.0. The molecule has 2 heterocycles. The Morgan fingerprint density at radius 1 is 1.30 bits per heavy atom. The maximum atomic E-state index is 13.0. The van der Waals surface area contributed by atoms with Gasteiger partial charge in [-0.2, -0.15) is 13.2 Å². The van der Waals surface area contributed by atoms with Crippen molar-refractivity contribution in [2.24, 2.45) is 0 Å². The van der Waals surface area contributed by atoms with E-state index in [-0.39, 0.29) is 11.0 Å². The first-order valence-corrected chi connectivity index (χ1v) is 6.92. The largest absolute Gasteiger partial charge is 0.480 e. The third kappa shape index (κ3) is 2.76. The Balaban J connectivity index is 2.13. The molecule has 1 saturated heterocycles. The van der Waals surface area contributed by atoms with Crippen LogP contribution in [0, 0.1) is 0 Å². The minimum Gasteiger partial charge on any atom is -0.480 e. The van der Waals surface area contributed by atoms with Gasteiger partial charge >= 0.3 is 17.8 Å². The Labute approximate surface area is 127 Å². The first-order valence-electron chi connectivity index (χ1n) is 6.92. The molecule has 1 N–H and O–H groups in total. The number of alkyl halides is 3. The van der Waals surface area contributed by atoms with Gasteiger partial charge in [0.25, 0.3) is 0 Å². The van der Waals surface area contributed by atoms with Crippen LogP contribution in [-0.4, -0.2) is 23.7 Å². The molecule has 8 heteroatoms. The van der Waals surface area contributed by atoms with Crippen LogP contribution in [-0.2, 0) is 11.0 Å². The molecule has 0 unspecified atom stereocenters. The molecule has 3 rings (SSSR count). The van der Waals surface area contributed by atoms with Gasteiger partial charge in [0.05, 0.1) is 5.56 Å². The zero-order valence-corrected chi connectivity index (χ0v) is 11.8. The lowest BCUT2D eigenvalue weighted by Crippen LogP contribution is -2.35. The summed E-state index contributed by atoms with van der Waals surface area (Å²) in [7, 11) is 0. The molecule has 1 aromatic carbocycles. The van der Waals surface area contributed by atoms with Gasteiger partial charge in [0.15, 0.2) is 0 Å². The molecule has 1 aromatic heterocycles. The lowest BCUT2D eigenvalue weighted by atomic mass is 10.1. The van der Waals surface area contributed by atoms with Gasteiger partial charge in [0.1, 0.15) is 11.6 Å². The van der Waals surface area contributed by atoms with Crippen LogP contribution in [0.15, 0.2) is 33.5 Å². The van der Waals surface area contributed by atoms with E-state index in [0.29, 0.717) is 31.1 Å². The van der Waals surface area contributed by atoms with Crippen LogP contribution in [0.3, 0.4) is 0 Å². The van der Waals surface area contributed by atoms with Crippen molar-refractivity contribution in [1.29, 1.82) is 0 Å². The van der Waals surface area contributed by atoms with E-state index in [1.807, 2.05) is 0 Å². The summed E-state index contributed by atoms with van der Waals surface area (Å²) < 4.78 is 43.9. The summed E-state index contributed by atoms with van der Waals surface area (Å²) in [6, 6.07) is 3.59. The van der Waals surface area contributed by atoms with Crippen molar-refractivity contribution < 1.29 is 27.5 Å². The average Bonchev–Trinajstić information content (AvgIpc) is 2.94. The van der Waals surface area contributed by atoms with Crippen LogP contribution in [0.4, 0.5) is 18.9 Å². The molecule has 0 radical (unpaired) electrons. The number of carboxylic acids is 1. The van der Waals surface area contributed by atoms with E-state index in [1.165, 1.54) is 18.2 Å². The fourth-order valence-corrected chi connectivity index (χ4v) is 2.90. The van der Waals surface area contributed by atoms with Crippen molar-refractivity contribution in [2.75, 3.05) is 11.4 Å². The predicted molar refractivity (Wildman–Crippen MR) is 75.5 cm³/mol. The molecular weight excluding hydrogens is 315 g/mol. The third-order valence-corrected chi connectivity index (χ3v) is 3.90. The SMILES string of the molecule is O=C(O)[C@H]1CCCN1c1ccc2c(C(F)(F)F)cc(=O)oc2c1. The van der Waals surface area contributed by atoms with Crippen molar-refractivity contribution in [3.05, 3.63) is 40.2 Å². The van der Waals surface area contributed by atoms with E-state index in [0.717, 1.165) is 0 Å². The number of carboxylic acid groups (broad SMARTS) is 1. The second-order valence-corrected chi connectivity index (χ2v) is 5.35. The highest BCUT2D eigenvalue weighted by Crippen LogP contribution is 2.36. The minimum atomic E-state index is -4.67. The van der Waals surface area contributed by atoms with Crippen LogP contribution in [0.2, 0.25) is 0 Å². The van der Waals surface area contributed by atoms with Gasteiger partial charge in [-0.3, -0.25) is 0 Å². The highest BCUT2D eigenvalue weighted by atomic mass is 19.4. The van der Waals surface area contributed by atoms with Crippen molar-refractivity contribution in [1.82, 2.24) is 0 Å². The topological polar surface area (TPSA) is 70.8 Å². The molecular formula is C15H12F3NO4. The fraction of sp³-hybridized carbons (Fsp3) is 0.333. The second-order valence-electron chi connectivity index (χ2n) is 5.35. The van der Waals surface area contributed by atoms with Gasteiger partial charge in [-0.1, -0.05) is 0 Å². The Kier molecular flexibility index (Phi) is 3.54. The molecule has 5 nitrogen and oxygen atoms in total. The molecule has 0 spiro atoms. The normalized spacial score (nSPS) is 18.6. The number of nitrogens with zero attached hydrogens (tertiary/aromatic N) is 1. The number of halogens is 3. The zero-order chi connectivity index (χ0) is 16.8. The second kappa shape index (κ2) is 5.29. The molecule has 0 saturated carbocycles. The highest BCUT2D eigenvalue weighted by Gasteiger charge is 2.35. The Bertz CT molecular complexity index is 828. The number of fused-ring (bicyclic) bond motifs is 1. The molecule has 1 atom stereocenters. The Morgan fingerprint density at radius 3 is 2.70 bits per heavy atom. The molecule has 0 aliphatic carbocycles. The van der Waals surface area contributed by atoms with Gasteiger partial charge < -0.3 is 14.4 Å². The first-order chi connectivity index (χ1) is 10.8. The highest BCUT2D eigenvalue weighted by molar-refractivity contribution is 5.86. The summed E-state index contributed by atoms with van der Waals surface area (Å²) in [5, 5.41) is 8.96. The van der Waals surface area contributed by atoms with Crippen molar-refractivity contribution in [3.8, 4) is 0 Å². The van der Waals surface area contributed by atoms with Crippen molar-refractivity contribution >= 4 is 22.6 Å². The van der Waals surface area contributed by atoms with E-state index in [2.05, 4.69) is 0 Å². The number of aliphatic carboxylic acids is 1. The number of hydrogen-bond acceptors (Lipinski definition) is 4. The summed E-state index contributed by atoms with van der Waals surface area (Å²) in [5.41, 5.74) is -1.95. The third-order valence-electron chi connectivity index (χ3n) is 3.90. The average molecular weight is 327 g/mol. The van der Waals surface area contributed by atoms with E-state index in [1.54, 1.807) is 4.90 Å². The van der Waals surface area contributed by atoms with Crippen molar-refractivity contribution in [2.45, 2.75) is 25.1 Å². The molecule has 1 aliphatic rings. The standard InChI is InChI=1S/C15H12F3NO4/c16-15(17,18)10-7-13(20)23-12-6-8(3-4-9(10)12)19-5-1-2-11(19)14(21)22/h3-4,6-7,11H,1-2,5H2,(H,21,22)/t11-/m1/s1. The van der Waals surface area contributed by atoms with Gasteiger partial charge in [-0.25, -0.2) is 9.59 Å². The molecule has 0 amide bonds. The van der Waals surface area contributed by atoms with Crippen LogP contribution in [0.1, 0.15) is 18.4 Å². The van der Waals surface area contributed by atoms with Crippen molar-refractivity contribution in [3.63, 3.8) is 0 Å². The molecule has 2 aromatic rings. The van der Waals surface area contributed by atoms with E-state index in [9.17, 15) is 27.9 Å². The smallest absolute Gasteiger partial charge is 0.417 e. The lowest BCUT2D eigenvalue weighted by Gasteiger charge is -2.23. The number of carbonyl (C=O) groups is 1. The zero-order valence-electron chi connectivity index (χ0n) is 11.8. The number of rotatable bonds is 2. The Hall–Kier alpha value is -2.51. The molecule has 1 aliphatic heterocycles.